The maximum Gasteiger partial charge on any atom is 0.0640 e. The van der Waals surface area contributed by atoms with Crippen molar-refractivity contribution in [2.75, 3.05) is 9.80 Å². The molecule has 246 valence electrons. The van der Waals surface area contributed by atoms with E-state index in [0.717, 1.165) is 28.4 Å². The minimum absolute atomic E-state index is 1.13. The molecule has 0 radical (unpaired) electrons. The highest BCUT2D eigenvalue weighted by molar-refractivity contribution is 7.26. The van der Waals surface area contributed by atoms with Crippen LogP contribution in [0.1, 0.15) is 0 Å². The maximum absolute atomic E-state index is 2.39. The summed E-state index contributed by atoms with van der Waals surface area (Å²) in [4.78, 5) is 4.78. The highest BCUT2D eigenvalue weighted by atomic mass is 32.1. The van der Waals surface area contributed by atoms with E-state index in [-0.39, 0.29) is 0 Å². The minimum Gasteiger partial charge on any atom is -0.310 e. The smallest absolute Gasteiger partial charge is 0.0640 e. The van der Waals surface area contributed by atoms with Crippen molar-refractivity contribution >= 4 is 97.1 Å². The van der Waals surface area contributed by atoms with Crippen molar-refractivity contribution in [1.29, 1.82) is 0 Å². The number of anilines is 6. The molecule has 0 aliphatic carbocycles. The molecule has 0 unspecified atom stereocenters. The summed E-state index contributed by atoms with van der Waals surface area (Å²) in [6.07, 6.45) is 0. The van der Waals surface area contributed by atoms with Crippen LogP contribution in [0.4, 0.5) is 34.1 Å². The molecule has 0 saturated carbocycles. The van der Waals surface area contributed by atoms with Gasteiger partial charge in [-0.3, -0.25) is 0 Å². The number of rotatable bonds is 7. The fourth-order valence-electron chi connectivity index (χ4n) is 7.40. The van der Waals surface area contributed by atoms with Gasteiger partial charge in [-0.25, -0.2) is 0 Å². The van der Waals surface area contributed by atoms with Crippen LogP contribution in [-0.2, 0) is 0 Å². The van der Waals surface area contributed by atoms with E-state index in [2.05, 4.69) is 204 Å². The Labute approximate surface area is 310 Å². The van der Waals surface area contributed by atoms with Gasteiger partial charge in [0, 0.05) is 64.1 Å². The monoisotopic (exact) mass is 700 g/mol. The van der Waals surface area contributed by atoms with Crippen LogP contribution in [0.3, 0.4) is 0 Å². The van der Waals surface area contributed by atoms with Gasteiger partial charge < -0.3 is 9.80 Å². The quantitative estimate of drug-likeness (QED) is 0.163. The van der Waals surface area contributed by atoms with Gasteiger partial charge in [0.2, 0.25) is 0 Å². The Bertz CT molecular complexity index is 2840. The van der Waals surface area contributed by atoms with E-state index < -0.39 is 0 Å². The summed E-state index contributed by atoms with van der Waals surface area (Å²) in [5, 5.41) is 5.14. The number of benzene rings is 8. The molecule has 0 spiro atoms. The first-order valence-corrected chi connectivity index (χ1v) is 19.1. The first-order valence-electron chi connectivity index (χ1n) is 17.5. The van der Waals surface area contributed by atoms with Crippen LogP contribution in [0.25, 0.3) is 51.5 Å². The van der Waals surface area contributed by atoms with E-state index in [1.54, 1.807) is 0 Å². The number of hydrogen-bond acceptors (Lipinski definition) is 4. The highest BCUT2D eigenvalue weighted by Crippen LogP contribution is 2.47. The summed E-state index contributed by atoms with van der Waals surface area (Å²) in [6, 6.07) is 70.2. The molecule has 2 heterocycles. The summed E-state index contributed by atoms with van der Waals surface area (Å²) >= 11 is 3.72. The van der Waals surface area contributed by atoms with Gasteiger partial charge in [0.15, 0.2) is 0 Å². The van der Waals surface area contributed by atoms with E-state index in [9.17, 15) is 0 Å². The van der Waals surface area contributed by atoms with Gasteiger partial charge in [0.05, 0.1) is 10.4 Å². The lowest BCUT2D eigenvalue weighted by atomic mass is 10.0. The Kier molecular flexibility index (Phi) is 7.56. The number of fused-ring (bicyclic) bond motifs is 6. The van der Waals surface area contributed by atoms with Gasteiger partial charge in [-0.15, -0.1) is 22.7 Å². The zero-order valence-corrected chi connectivity index (χ0v) is 29.8. The fraction of sp³-hybridized carbons (Fsp3) is 0. The normalized spacial score (nSPS) is 11.5. The van der Waals surface area contributed by atoms with E-state index in [4.69, 9.17) is 0 Å². The van der Waals surface area contributed by atoms with Gasteiger partial charge in [-0.05, 0) is 90.0 Å². The van der Waals surface area contributed by atoms with Crippen molar-refractivity contribution in [3.05, 3.63) is 194 Å². The van der Waals surface area contributed by atoms with Crippen LogP contribution in [0.5, 0.6) is 0 Å². The second-order valence-electron chi connectivity index (χ2n) is 13.0. The Balaban J connectivity index is 1.11. The van der Waals surface area contributed by atoms with Crippen molar-refractivity contribution in [1.82, 2.24) is 0 Å². The van der Waals surface area contributed by atoms with Gasteiger partial charge in [-0.1, -0.05) is 115 Å². The van der Waals surface area contributed by atoms with E-state index in [1.807, 2.05) is 22.7 Å². The third kappa shape index (κ3) is 5.32. The molecule has 0 N–H and O–H groups in total. The summed E-state index contributed by atoms with van der Waals surface area (Å²) < 4.78 is 5.15. The molecule has 2 aromatic heterocycles. The molecule has 10 rings (SSSR count). The van der Waals surface area contributed by atoms with Gasteiger partial charge >= 0.3 is 0 Å². The molecule has 0 bridgehead atoms. The molecular weight excluding hydrogens is 669 g/mol. The first-order chi connectivity index (χ1) is 25.8. The molecule has 2 nitrogen and oxygen atoms in total. The van der Waals surface area contributed by atoms with Crippen molar-refractivity contribution in [3.63, 3.8) is 0 Å². The van der Waals surface area contributed by atoms with Gasteiger partial charge in [0.25, 0.3) is 0 Å². The predicted octanol–water partition coefficient (Wildman–Crippen LogP) is 15.0. The van der Waals surface area contributed by atoms with E-state index in [1.165, 1.54) is 57.2 Å². The summed E-state index contributed by atoms with van der Waals surface area (Å²) in [5.41, 5.74) is 9.29. The maximum atomic E-state index is 2.39. The molecule has 0 saturated heterocycles. The second-order valence-corrected chi connectivity index (χ2v) is 15.1. The topological polar surface area (TPSA) is 6.48 Å². The lowest BCUT2D eigenvalue weighted by Gasteiger charge is -2.26. The van der Waals surface area contributed by atoms with Crippen LogP contribution in [0.2, 0.25) is 0 Å². The summed E-state index contributed by atoms with van der Waals surface area (Å²) in [6.45, 7) is 0. The Hall–Kier alpha value is -6.20. The molecule has 0 amide bonds. The molecule has 0 aliphatic rings. The number of nitrogens with zero attached hydrogens (tertiary/aromatic N) is 2. The molecular formula is C48H32N2S2. The van der Waals surface area contributed by atoms with Crippen LogP contribution < -0.4 is 9.80 Å². The number of hydrogen-bond donors (Lipinski definition) is 0. The Morgan fingerprint density at radius 1 is 0.288 bits per heavy atom. The van der Waals surface area contributed by atoms with E-state index >= 15 is 0 Å². The molecule has 0 atom stereocenters. The summed E-state index contributed by atoms with van der Waals surface area (Å²) in [5.74, 6) is 0. The second kappa shape index (κ2) is 12.8. The summed E-state index contributed by atoms with van der Waals surface area (Å²) in [7, 11) is 0. The molecule has 8 aromatic carbocycles. The van der Waals surface area contributed by atoms with Crippen LogP contribution >= 0.6 is 22.7 Å². The lowest BCUT2D eigenvalue weighted by molar-refractivity contribution is 1.30. The van der Waals surface area contributed by atoms with Crippen molar-refractivity contribution in [2.24, 2.45) is 0 Å². The highest BCUT2D eigenvalue weighted by Gasteiger charge is 2.20. The van der Waals surface area contributed by atoms with Gasteiger partial charge in [0.1, 0.15) is 0 Å². The predicted molar refractivity (Wildman–Crippen MR) is 227 cm³/mol. The standard InChI is InChI=1S/C48H32N2S2/c1-4-13-33(14-5-1)34-23-25-37(26-24-34)50(36-17-8-3-9-18-36)44-21-12-20-42-43-31-38(28-30-46(43)52-48(42)44)49(35-15-6-2-7-16-35)39-27-29-41-40-19-10-11-22-45(40)51-47(41)32-39/h1-32H. The van der Waals surface area contributed by atoms with Crippen molar-refractivity contribution in [3.8, 4) is 11.1 Å². The van der Waals surface area contributed by atoms with Crippen LogP contribution in [0.15, 0.2) is 194 Å². The molecule has 4 heteroatoms. The zero-order valence-electron chi connectivity index (χ0n) is 28.2. The fourth-order valence-corrected chi connectivity index (χ4v) is 9.73. The first kappa shape index (κ1) is 30.6. The van der Waals surface area contributed by atoms with Crippen LogP contribution in [-0.4, -0.2) is 0 Å². The lowest BCUT2D eigenvalue weighted by Crippen LogP contribution is -2.10. The third-order valence-electron chi connectivity index (χ3n) is 9.84. The van der Waals surface area contributed by atoms with Crippen molar-refractivity contribution in [2.45, 2.75) is 0 Å². The molecule has 10 aromatic rings. The zero-order chi connectivity index (χ0) is 34.4. The average molecular weight is 701 g/mol. The molecule has 0 aliphatic heterocycles. The van der Waals surface area contributed by atoms with Gasteiger partial charge in [-0.2, -0.15) is 0 Å². The number of thiophene rings is 2. The third-order valence-corrected chi connectivity index (χ3v) is 12.2. The Morgan fingerprint density at radius 2 is 0.827 bits per heavy atom. The van der Waals surface area contributed by atoms with E-state index in [0.29, 0.717) is 0 Å². The largest absolute Gasteiger partial charge is 0.310 e. The SMILES string of the molecule is c1ccc(-c2ccc(N(c3ccccc3)c3cccc4c3sc3ccc(N(c5ccccc5)c5ccc6c(c5)sc5ccccc56)cc34)cc2)cc1. The minimum atomic E-state index is 1.13. The van der Waals surface area contributed by atoms with Crippen molar-refractivity contribution < 1.29 is 0 Å². The molecule has 0 fully saturated rings. The average Bonchev–Trinajstić information content (AvgIpc) is 3.78. The molecule has 52 heavy (non-hydrogen) atoms. The van der Waals surface area contributed by atoms with Crippen LogP contribution in [0, 0.1) is 0 Å². The Morgan fingerprint density at radius 3 is 1.60 bits per heavy atom. The number of para-hydroxylation sites is 2.